The molecule has 0 atom stereocenters. The second kappa shape index (κ2) is 7.53. The lowest BCUT2D eigenvalue weighted by atomic mass is 9.92. The molecule has 3 heterocycles. The van der Waals surface area contributed by atoms with Gasteiger partial charge in [-0.2, -0.15) is 5.10 Å². The van der Waals surface area contributed by atoms with Crippen molar-refractivity contribution in [1.29, 1.82) is 0 Å². The van der Waals surface area contributed by atoms with E-state index in [2.05, 4.69) is 51.4 Å². The number of carbonyl (C=O) groups is 1. The first-order valence-corrected chi connectivity index (χ1v) is 9.26. The summed E-state index contributed by atoms with van der Waals surface area (Å²) in [5, 5.41) is 14.0. The Kier molecular flexibility index (Phi) is 5.31. The lowest BCUT2D eigenvalue weighted by Crippen LogP contribution is -2.26. The van der Waals surface area contributed by atoms with Gasteiger partial charge in [0.25, 0.3) is 5.91 Å². The summed E-state index contributed by atoms with van der Waals surface area (Å²) in [6.45, 7) is 12.3. The normalized spacial score (nSPS) is 11.6. The zero-order valence-corrected chi connectivity index (χ0v) is 17.2. The molecule has 0 unspecified atom stereocenters. The highest BCUT2D eigenvalue weighted by Crippen LogP contribution is 2.27. The fourth-order valence-corrected chi connectivity index (χ4v) is 2.77. The summed E-state index contributed by atoms with van der Waals surface area (Å²) in [6, 6.07) is 1.79. The van der Waals surface area contributed by atoms with Crippen molar-refractivity contribution in [3.05, 3.63) is 46.4 Å². The van der Waals surface area contributed by atoms with Crippen LogP contribution in [0.5, 0.6) is 0 Å². The third-order valence-corrected chi connectivity index (χ3v) is 4.66. The fourth-order valence-electron chi connectivity index (χ4n) is 2.77. The van der Waals surface area contributed by atoms with Crippen LogP contribution in [0.4, 0.5) is 0 Å². The zero-order valence-electron chi connectivity index (χ0n) is 17.2. The van der Waals surface area contributed by atoms with Gasteiger partial charge in [0.1, 0.15) is 11.5 Å². The number of nitrogens with zero attached hydrogens (tertiary/aromatic N) is 4. The van der Waals surface area contributed by atoms with Crippen molar-refractivity contribution in [2.45, 2.75) is 53.4 Å². The van der Waals surface area contributed by atoms with Gasteiger partial charge in [-0.15, -0.1) is 0 Å². The molecule has 28 heavy (non-hydrogen) atoms. The molecule has 0 aliphatic heterocycles. The number of amides is 1. The standard InChI is InChI=1S/C20H26N6O2/c1-11-12(2)26-28-18(11)14-10-22-13(3)23-15(14)7-8-21-19(27)16-9-17(25-24-16)20(4,5)6/h9-10H,7-8H2,1-6H3,(H,21,27)(H,24,25). The van der Waals surface area contributed by atoms with Crippen LogP contribution >= 0.6 is 0 Å². The largest absolute Gasteiger partial charge is 0.356 e. The topological polar surface area (TPSA) is 110 Å². The molecule has 0 saturated heterocycles. The number of aryl methyl sites for hydroxylation is 2. The molecular weight excluding hydrogens is 356 g/mol. The van der Waals surface area contributed by atoms with E-state index >= 15 is 0 Å². The smallest absolute Gasteiger partial charge is 0.271 e. The molecule has 2 N–H and O–H groups in total. The van der Waals surface area contributed by atoms with E-state index in [9.17, 15) is 4.79 Å². The van der Waals surface area contributed by atoms with Crippen LogP contribution in [0.25, 0.3) is 11.3 Å². The Morgan fingerprint density at radius 2 is 2.00 bits per heavy atom. The summed E-state index contributed by atoms with van der Waals surface area (Å²) < 4.78 is 5.46. The van der Waals surface area contributed by atoms with Gasteiger partial charge in [-0.1, -0.05) is 25.9 Å². The molecule has 0 aliphatic carbocycles. The van der Waals surface area contributed by atoms with E-state index in [4.69, 9.17) is 4.52 Å². The van der Waals surface area contributed by atoms with Gasteiger partial charge in [0, 0.05) is 35.8 Å². The second-order valence-electron chi connectivity index (χ2n) is 7.92. The Balaban J connectivity index is 1.71. The minimum absolute atomic E-state index is 0.0913. The van der Waals surface area contributed by atoms with Crippen LogP contribution in [0.1, 0.15) is 59.7 Å². The summed E-state index contributed by atoms with van der Waals surface area (Å²) >= 11 is 0. The van der Waals surface area contributed by atoms with E-state index in [1.165, 1.54) is 0 Å². The Labute approximate surface area is 164 Å². The molecule has 8 heteroatoms. The molecule has 0 aromatic carbocycles. The Hall–Kier alpha value is -3.03. The van der Waals surface area contributed by atoms with Crippen molar-refractivity contribution >= 4 is 5.91 Å². The average Bonchev–Trinajstić information content (AvgIpc) is 3.24. The summed E-state index contributed by atoms with van der Waals surface area (Å²) in [6.07, 6.45) is 2.29. The third-order valence-electron chi connectivity index (χ3n) is 4.66. The van der Waals surface area contributed by atoms with Gasteiger partial charge in [0.2, 0.25) is 0 Å². The van der Waals surface area contributed by atoms with Crippen LogP contribution in [0.15, 0.2) is 16.8 Å². The van der Waals surface area contributed by atoms with E-state index in [1.807, 2.05) is 20.8 Å². The minimum atomic E-state index is -0.217. The van der Waals surface area contributed by atoms with Gasteiger partial charge in [-0.25, -0.2) is 9.97 Å². The van der Waals surface area contributed by atoms with Crippen molar-refractivity contribution in [2.24, 2.45) is 0 Å². The van der Waals surface area contributed by atoms with Crippen LogP contribution in [0.3, 0.4) is 0 Å². The molecule has 3 aromatic heterocycles. The number of H-pyrrole nitrogens is 1. The molecule has 148 valence electrons. The number of aromatic amines is 1. The fraction of sp³-hybridized carbons (Fsp3) is 0.450. The van der Waals surface area contributed by atoms with Crippen LogP contribution in [-0.2, 0) is 11.8 Å². The quantitative estimate of drug-likeness (QED) is 0.702. The second-order valence-corrected chi connectivity index (χ2v) is 7.92. The van der Waals surface area contributed by atoms with E-state index < -0.39 is 0 Å². The maximum Gasteiger partial charge on any atom is 0.271 e. The van der Waals surface area contributed by atoms with Crippen LogP contribution in [-0.4, -0.2) is 37.8 Å². The summed E-state index contributed by atoms with van der Waals surface area (Å²) in [5.41, 5.74) is 4.61. The molecule has 8 nitrogen and oxygen atoms in total. The van der Waals surface area contributed by atoms with Gasteiger partial charge in [0.05, 0.1) is 17.0 Å². The molecule has 0 spiro atoms. The molecule has 1 amide bonds. The SMILES string of the molecule is Cc1ncc(-c2onc(C)c2C)c(CCNC(=O)c2cc(C(C)(C)C)[nH]n2)n1. The lowest BCUT2D eigenvalue weighted by molar-refractivity contribution is 0.0949. The van der Waals surface area contributed by atoms with E-state index in [1.54, 1.807) is 12.3 Å². The first kappa shape index (κ1) is 19.7. The van der Waals surface area contributed by atoms with Crippen molar-refractivity contribution in [1.82, 2.24) is 30.6 Å². The van der Waals surface area contributed by atoms with Gasteiger partial charge < -0.3 is 9.84 Å². The Morgan fingerprint density at radius 3 is 2.61 bits per heavy atom. The number of nitrogens with one attached hydrogen (secondary N) is 2. The van der Waals surface area contributed by atoms with E-state index in [0.29, 0.717) is 30.2 Å². The van der Waals surface area contributed by atoms with Crippen molar-refractivity contribution in [3.8, 4) is 11.3 Å². The van der Waals surface area contributed by atoms with Crippen LogP contribution in [0.2, 0.25) is 0 Å². The summed E-state index contributed by atoms with van der Waals surface area (Å²) in [4.78, 5) is 21.2. The summed E-state index contributed by atoms with van der Waals surface area (Å²) in [7, 11) is 0. The third kappa shape index (κ3) is 4.11. The zero-order chi connectivity index (χ0) is 20.5. The molecule has 0 bridgehead atoms. The molecule has 0 fully saturated rings. The highest BCUT2D eigenvalue weighted by Gasteiger charge is 2.20. The monoisotopic (exact) mass is 382 g/mol. The predicted octanol–water partition coefficient (Wildman–Crippen LogP) is 3.05. The number of aromatic nitrogens is 5. The van der Waals surface area contributed by atoms with E-state index in [-0.39, 0.29) is 11.3 Å². The average molecular weight is 382 g/mol. The van der Waals surface area contributed by atoms with Crippen LogP contribution in [0, 0.1) is 20.8 Å². The number of carbonyl (C=O) groups excluding carboxylic acids is 1. The highest BCUT2D eigenvalue weighted by molar-refractivity contribution is 5.92. The highest BCUT2D eigenvalue weighted by atomic mass is 16.5. The van der Waals surface area contributed by atoms with Crippen molar-refractivity contribution < 1.29 is 9.32 Å². The molecule has 3 aromatic rings. The van der Waals surface area contributed by atoms with Gasteiger partial charge >= 0.3 is 0 Å². The summed E-state index contributed by atoms with van der Waals surface area (Å²) in [5.74, 6) is 1.12. The first-order chi connectivity index (χ1) is 13.2. The maximum atomic E-state index is 12.4. The van der Waals surface area contributed by atoms with E-state index in [0.717, 1.165) is 28.2 Å². The number of hydrogen-bond acceptors (Lipinski definition) is 6. The molecule has 0 saturated carbocycles. The molecule has 0 aliphatic rings. The maximum absolute atomic E-state index is 12.4. The van der Waals surface area contributed by atoms with Crippen LogP contribution < -0.4 is 5.32 Å². The first-order valence-electron chi connectivity index (χ1n) is 9.26. The number of rotatable bonds is 5. The molecule has 3 rings (SSSR count). The van der Waals surface area contributed by atoms with Crippen molar-refractivity contribution in [3.63, 3.8) is 0 Å². The molecular formula is C20H26N6O2. The van der Waals surface area contributed by atoms with Gasteiger partial charge in [-0.3, -0.25) is 9.89 Å². The van der Waals surface area contributed by atoms with Gasteiger partial charge in [-0.05, 0) is 26.8 Å². The van der Waals surface area contributed by atoms with Gasteiger partial charge in [0.15, 0.2) is 5.76 Å². The Bertz CT molecular complexity index is 997. The molecule has 0 radical (unpaired) electrons. The number of hydrogen-bond donors (Lipinski definition) is 2. The minimum Gasteiger partial charge on any atom is -0.356 e. The Morgan fingerprint density at radius 1 is 1.25 bits per heavy atom. The predicted molar refractivity (Wildman–Crippen MR) is 105 cm³/mol. The van der Waals surface area contributed by atoms with Crippen molar-refractivity contribution in [2.75, 3.05) is 6.54 Å². The lowest BCUT2D eigenvalue weighted by Gasteiger charge is -2.14.